The average Bonchev–Trinajstić information content (AvgIpc) is 3.21. The number of nitrogens with zero attached hydrogens (tertiary/aromatic N) is 2. The van der Waals surface area contributed by atoms with Gasteiger partial charge in [0.15, 0.2) is 5.17 Å². The zero-order chi connectivity index (χ0) is 23.0. The number of hydrogen-bond donors (Lipinski definition) is 1. The van der Waals surface area contributed by atoms with E-state index in [2.05, 4.69) is 79.8 Å². The number of aryl methyl sites for hydroxylation is 1. The molecule has 4 nitrogen and oxygen atoms in total. The van der Waals surface area contributed by atoms with Crippen molar-refractivity contribution in [3.63, 3.8) is 0 Å². The number of aliphatic imine (C=N–C) groups is 1. The maximum absolute atomic E-state index is 13.1. The predicted octanol–water partition coefficient (Wildman–Crippen LogP) is 6.42. The van der Waals surface area contributed by atoms with Gasteiger partial charge < -0.3 is 9.88 Å². The fourth-order valence-electron chi connectivity index (χ4n) is 3.70. The monoisotopic (exact) mass is 447 g/mol. The average molecular weight is 448 g/mol. The van der Waals surface area contributed by atoms with E-state index in [1.807, 2.05) is 6.08 Å². The molecule has 0 atom stereocenters. The van der Waals surface area contributed by atoms with Crippen molar-refractivity contribution in [2.24, 2.45) is 4.99 Å². The first kappa shape index (κ1) is 22.1. The van der Waals surface area contributed by atoms with E-state index in [1.54, 1.807) is 12.1 Å². The molecule has 2 aromatic carbocycles. The van der Waals surface area contributed by atoms with Crippen LogP contribution in [0.3, 0.4) is 0 Å². The zero-order valence-electron chi connectivity index (χ0n) is 18.9. The highest BCUT2D eigenvalue weighted by Gasteiger charge is 2.24. The smallest absolute Gasteiger partial charge is 0.264 e. The van der Waals surface area contributed by atoms with E-state index < -0.39 is 0 Å². The van der Waals surface area contributed by atoms with Crippen LogP contribution >= 0.6 is 11.8 Å². The lowest BCUT2D eigenvalue weighted by Crippen LogP contribution is -2.19. The van der Waals surface area contributed by atoms with Gasteiger partial charge in [-0.3, -0.25) is 4.79 Å². The van der Waals surface area contributed by atoms with Crippen LogP contribution in [0.4, 0.5) is 10.1 Å². The van der Waals surface area contributed by atoms with Gasteiger partial charge in [-0.05, 0) is 90.7 Å². The summed E-state index contributed by atoms with van der Waals surface area (Å²) in [5, 5.41) is 3.27. The van der Waals surface area contributed by atoms with Crippen LogP contribution in [-0.2, 0) is 10.2 Å². The molecule has 0 bridgehead atoms. The number of thioether (sulfide) groups is 1. The number of benzene rings is 2. The standard InChI is InChI=1S/C26H26FN3OS/c1-16-14-18(17(2)30(16)22-12-6-19(7-13-22)26(3,4)5)15-23-24(31)29-25(32-23)28-21-10-8-20(27)9-11-21/h6-15H,1-5H3,(H,28,29,31)/b23-15-. The molecule has 0 unspecified atom stereocenters. The maximum Gasteiger partial charge on any atom is 0.264 e. The molecule has 1 aliphatic heterocycles. The molecule has 1 aliphatic rings. The number of aromatic nitrogens is 1. The normalized spacial score (nSPS) is 16.8. The Bertz CT molecular complexity index is 1230. The predicted molar refractivity (Wildman–Crippen MR) is 131 cm³/mol. The van der Waals surface area contributed by atoms with Crippen molar-refractivity contribution in [3.05, 3.63) is 87.8 Å². The third kappa shape index (κ3) is 4.55. The molecule has 6 heteroatoms. The Hall–Kier alpha value is -3.12. The Balaban J connectivity index is 1.61. The molecular formula is C26H26FN3OS. The third-order valence-corrected chi connectivity index (χ3v) is 6.37. The lowest BCUT2D eigenvalue weighted by molar-refractivity contribution is -0.115. The number of hydrogen-bond acceptors (Lipinski definition) is 3. The van der Waals surface area contributed by atoms with Crippen LogP contribution in [0.1, 0.15) is 43.3 Å². The van der Waals surface area contributed by atoms with Crippen molar-refractivity contribution >= 4 is 34.6 Å². The number of nitrogens with one attached hydrogen (secondary N) is 1. The number of amides is 1. The van der Waals surface area contributed by atoms with Crippen molar-refractivity contribution in [1.82, 2.24) is 9.88 Å². The molecule has 0 radical (unpaired) electrons. The Morgan fingerprint density at radius 3 is 2.31 bits per heavy atom. The number of rotatable bonds is 3. The van der Waals surface area contributed by atoms with Crippen LogP contribution in [0.15, 0.2) is 64.5 Å². The van der Waals surface area contributed by atoms with Crippen molar-refractivity contribution in [3.8, 4) is 5.69 Å². The molecule has 0 saturated carbocycles. The third-order valence-electron chi connectivity index (χ3n) is 5.46. The fraction of sp³-hybridized carbons (Fsp3) is 0.231. The Morgan fingerprint density at radius 2 is 1.69 bits per heavy atom. The molecule has 1 amide bonds. The minimum atomic E-state index is -0.318. The quantitative estimate of drug-likeness (QED) is 0.471. The maximum atomic E-state index is 13.1. The topological polar surface area (TPSA) is 46.4 Å². The summed E-state index contributed by atoms with van der Waals surface area (Å²) in [6.07, 6.45) is 1.90. The summed E-state index contributed by atoms with van der Waals surface area (Å²) in [6, 6.07) is 16.6. The first-order valence-corrected chi connectivity index (χ1v) is 11.3. The summed E-state index contributed by atoms with van der Waals surface area (Å²) in [5.74, 6) is -0.503. The molecule has 32 heavy (non-hydrogen) atoms. The summed E-state index contributed by atoms with van der Waals surface area (Å²) >= 11 is 1.28. The van der Waals surface area contributed by atoms with E-state index in [1.165, 1.54) is 29.5 Å². The van der Waals surface area contributed by atoms with Crippen LogP contribution in [0.25, 0.3) is 11.8 Å². The van der Waals surface area contributed by atoms with Crippen molar-refractivity contribution < 1.29 is 9.18 Å². The van der Waals surface area contributed by atoms with Crippen LogP contribution in [0.5, 0.6) is 0 Å². The van der Waals surface area contributed by atoms with E-state index in [0.29, 0.717) is 15.8 Å². The molecule has 1 N–H and O–H groups in total. The molecule has 0 spiro atoms. The summed E-state index contributed by atoms with van der Waals surface area (Å²) in [5.41, 5.74) is 6.24. The van der Waals surface area contributed by atoms with Gasteiger partial charge in [-0.1, -0.05) is 32.9 Å². The molecule has 1 saturated heterocycles. The number of amidine groups is 1. The Labute approximate surface area is 192 Å². The van der Waals surface area contributed by atoms with Gasteiger partial charge in [0.2, 0.25) is 0 Å². The van der Waals surface area contributed by atoms with Gasteiger partial charge in [0, 0.05) is 17.1 Å². The van der Waals surface area contributed by atoms with Gasteiger partial charge in [0.05, 0.1) is 10.6 Å². The molecule has 1 fully saturated rings. The van der Waals surface area contributed by atoms with Gasteiger partial charge in [-0.25, -0.2) is 9.38 Å². The van der Waals surface area contributed by atoms with Gasteiger partial charge in [0.25, 0.3) is 5.91 Å². The van der Waals surface area contributed by atoms with Crippen molar-refractivity contribution in [2.45, 2.75) is 40.0 Å². The highest BCUT2D eigenvalue weighted by Crippen LogP contribution is 2.31. The molecule has 2 heterocycles. The SMILES string of the molecule is Cc1cc(/C=C2\SC(=Nc3ccc(F)cc3)NC2=O)c(C)n1-c1ccc(C(C)(C)C)cc1. The molecule has 164 valence electrons. The zero-order valence-corrected chi connectivity index (χ0v) is 19.7. The van der Waals surface area contributed by atoms with Crippen molar-refractivity contribution in [1.29, 1.82) is 0 Å². The first-order valence-electron chi connectivity index (χ1n) is 10.5. The van der Waals surface area contributed by atoms with Crippen molar-refractivity contribution in [2.75, 3.05) is 0 Å². The van der Waals surface area contributed by atoms with Gasteiger partial charge in [-0.15, -0.1) is 0 Å². The number of halogens is 1. The minimum absolute atomic E-state index is 0.106. The van der Waals surface area contributed by atoms with Gasteiger partial charge in [-0.2, -0.15) is 0 Å². The summed E-state index contributed by atoms with van der Waals surface area (Å²) in [6.45, 7) is 10.7. The second kappa shape index (κ2) is 8.43. The summed E-state index contributed by atoms with van der Waals surface area (Å²) in [7, 11) is 0. The minimum Gasteiger partial charge on any atom is -0.318 e. The summed E-state index contributed by atoms with van der Waals surface area (Å²) in [4.78, 5) is 17.5. The van der Waals surface area contributed by atoms with E-state index in [4.69, 9.17) is 0 Å². The Morgan fingerprint density at radius 1 is 1.03 bits per heavy atom. The highest BCUT2D eigenvalue weighted by molar-refractivity contribution is 8.18. The summed E-state index contributed by atoms with van der Waals surface area (Å²) < 4.78 is 15.3. The Kier molecular flexibility index (Phi) is 5.82. The molecule has 3 aromatic rings. The van der Waals surface area contributed by atoms with Crippen LogP contribution in [0.2, 0.25) is 0 Å². The highest BCUT2D eigenvalue weighted by atomic mass is 32.2. The molecular weight excluding hydrogens is 421 g/mol. The molecule has 4 rings (SSSR count). The molecule has 1 aromatic heterocycles. The molecule has 0 aliphatic carbocycles. The number of carbonyl (C=O) groups excluding carboxylic acids is 1. The van der Waals surface area contributed by atoms with Crippen LogP contribution < -0.4 is 5.32 Å². The second-order valence-corrected chi connectivity index (χ2v) is 9.95. The van der Waals surface area contributed by atoms with Gasteiger partial charge in [0.1, 0.15) is 5.82 Å². The van der Waals surface area contributed by atoms with E-state index in [9.17, 15) is 9.18 Å². The van der Waals surface area contributed by atoms with Gasteiger partial charge >= 0.3 is 0 Å². The number of carbonyl (C=O) groups is 1. The van der Waals surface area contributed by atoms with E-state index in [0.717, 1.165) is 22.6 Å². The fourth-order valence-corrected chi connectivity index (χ4v) is 4.53. The largest absolute Gasteiger partial charge is 0.318 e. The lowest BCUT2D eigenvalue weighted by atomic mass is 9.87. The first-order chi connectivity index (χ1) is 15.1. The van der Waals surface area contributed by atoms with E-state index in [-0.39, 0.29) is 17.1 Å². The lowest BCUT2D eigenvalue weighted by Gasteiger charge is -2.20. The van der Waals surface area contributed by atoms with Crippen LogP contribution in [0, 0.1) is 19.7 Å². The van der Waals surface area contributed by atoms with E-state index >= 15 is 0 Å². The second-order valence-electron chi connectivity index (χ2n) is 8.92. The van der Waals surface area contributed by atoms with Crippen LogP contribution in [-0.4, -0.2) is 15.6 Å².